The van der Waals surface area contributed by atoms with Crippen molar-refractivity contribution in [2.75, 3.05) is 39.5 Å². The Labute approximate surface area is 238 Å². The molecule has 0 radical (unpaired) electrons. The van der Waals surface area contributed by atoms with E-state index in [1.165, 1.54) is 12.5 Å². The van der Waals surface area contributed by atoms with Gasteiger partial charge >= 0.3 is 11.8 Å². The average Bonchev–Trinajstić information content (AvgIpc) is 2.95. The van der Waals surface area contributed by atoms with Crippen LogP contribution in [0.1, 0.15) is 96.0 Å². The molecule has 4 aliphatic rings. The van der Waals surface area contributed by atoms with E-state index >= 15 is 0 Å². The van der Waals surface area contributed by atoms with Gasteiger partial charge in [-0.3, -0.25) is 4.90 Å². The Balaban J connectivity index is 1.14. The van der Waals surface area contributed by atoms with Gasteiger partial charge in [0, 0.05) is 25.7 Å². The van der Waals surface area contributed by atoms with Gasteiger partial charge in [-0.25, -0.2) is 9.59 Å². The highest BCUT2D eigenvalue weighted by atomic mass is 16.7. The Morgan fingerprint density at radius 1 is 1.15 bits per heavy atom. The number of rotatable bonds is 9. The largest absolute Gasteiger partial charge is 0.508 e. The molecule has 40 heavy (non-hydrogen) atoms. The van der Waals surface area contributed by atoms with Crippen LogP contribution in [-0.2, 0) is 14.2 Å². The molecule has 3 saturated carbocycles. The number of hydrogen-bond donors (Lipinski definition) is 1. The van der Waals surface area contributed by atoms with E-state index in [4.69, 9.17) is 18.6 Å². The second kappa shape index (κ2) is 13.0. The Hall–Kier alpha value is -1.90. The van der Waals surface area contributed by atoms with Gasteiger partial charge in [0.25, 0.3) is 0 Å². The molecule has 8 nitrogen and oxygen atoms in total. The lowest BCUT2D eigenvalue weighted by molar-refractivity contribution is -0.165. The lowest BCUT2D eigenvalue weighted by atomic mass is 9.46. The fraction of sp³-hybridized carbons (Fsp3) is 0.812. The number of nitrogens with zero attached hydrogens (tertiary/aromatic N) is 1. The summed E-state index contributed by atoms with van der Waals surface area (Å²) >= 11 is 0. The molecule has 1 N–H and O–H groups in total. The van der Waals surface area contributed by atoms with Crippen molar-refractivity contribution >= 4 is 6.16 Å². The van der Waals surface area contributed by atoms with Gasteiger partial charge in [0.1, 0.15) is 12.7 Å². The highest BCUT2D eigenvalue weighted by Crippen LogP contribution is 2.61. The van der Waals surface area contributed by atoms with E-state index in [1.807, 2.05) is 6.07 Å². The molecule has 0 spiro atoms. The molecule has 0 amide bonds. The molecular weight excluding hydrogens is 510 g/mol. The third-order valence-corrected chi connectivity index (χ3v) is 11.1. The molecule has 0 aromatic carbocycles. The normalized spacial score (nSPS) is 35.3. The molecule has 1 saturated heterocycles. The van der Waals surface area contributed by atoms with Gasteiger partial charge in [-0.2, -0.15) is 0 Å². The summed E-state index contributed by atoms with van der Waals surface area (Å²) < 4.78 is 21.7. The van der Waals surface area contributed by atoms with Crippen molar-refractivity contribution in [3.63, 3.8) is 0 Å². The summed E-state index contributed by atoms with van der Waals surface area (Å²) in [5, 5.41) is 12.1. The smallest absolute Gasteiger partial charge is 0.433 e. The Morgan fingerprint density at radius 2 is 1.98 bits per heavy atom. The lowest BCUT2D eigenvalue weighted by Gasteiger charge is -2.60. The summed E-state index contributed by atoms with van der Waals surface area (Å²) in [6, 6.07) is 3.37. The Kier molecular flexibility index (Phi) is 9.58. The van der Waals surface area contributed by atoms with Crippen LogP contribution in [0.3, 0.4) is 0 Å². The number of aliphatic hydroxyl groups is 1. The monoisotopic (exact) mass is 559 g/mol. The van der Waals surface area contributed by atoms with Gasteiger partial charge in [0.2, 0.25) is 0 Å². The van der Waals surface area contributed by atoms with E-state index < -0.39 is 11.8 Å². The first-order valence-corrected chi connectivity index (χ1v) is 15.8. The molecule has 1 aromatic heterocycles. The first-order chi connectivity index (χ1) is 19.3. The van der Waals surface area contributed by atoms with Crippen molar-refractivity contribution < 1.29 is 28.5 Å². The molecule has 224 valence electrons. The molecule has 5 rings (SSSR count). The fourth-order valence-corrected chi connectivity index (χ4v) is 8.65. The van der Waals surface area contributed by atoms with Crippen molar-refractivity contribution in [3.05, 3.63) is 34.4 Å². The van der Waals surface area contributed by atoms with Crippen molar-refractivity contribution in [1.82, 2.24) is 4.90 Å². The van der Waals surface area contributed by atoms with E-state index in [-0.39, 0.29) is 23.1 Å². The maximum atomic E-state index is 12.4. The second-order valence-corrected chi connectivity index (χ2v) is 13.1. The van der Waals surface area contributed by atoms with Crippen molar-refractivity contribution in [2.24, 2.45) is 23.2 Å². The SMILES string of the molecule is CC[C@H](CC[C@@]1(O)CCC[C@H]2[C@H]1CC[C@@H]1C[C@@H](OC(=O)OCCN3CCOCC3)CC[C@@]12C)c1ccc(=O)oc1. The first kappa shape index (κ1) is 29.6. The van der Waals surface area contributed by atoms with E-state index in [0.29, 0.717) is 24.4 Å². The standard InChI is InChI=1S/C32H49NO7/c1-3-23(24-6-9-29(34)39-22-24)10-14-32(36)12-4-5-27-28(32)8-7-25-21-26(11-13-31(25,27)2)40-30(35)38-20-17-33-15-18-37-19-16-33/h6,9,22-23,25-28,36H,3-5,7-8,10-21H2,1-2H3/t23-,25-,26+,27+,28-,31+,32+/m1/s1. The maximum Gasteiger partial charge on any atom is 0.508 e. The highest BCUT2D eigenvalue weighted by molar-refractivity contribution is 5.60. The van der Waals surface area contributed by atoms with Crippen LogP contribution in [-0.4, -0.2) is 67.3 Å². The third-order valence-electron chi connectivity index (χ3n) is 11.1. The van der Waals surface area contributed by atoms with Crippen LogP contribution in [0.25, 0.3) is 0 Å². The van der Waals surface area contributed by atoms with Gasteiger partial charge in [-0.05, 0) is 105 Å². The van der Waals surface area contributed by atoms with Gasteiger partial charge in [-0.15, -0.1) is 0 Å². The van der Waals surface area contributed by atoms with Gasteiger partial charge < -0.3 is 23.7 Å². The zero-order valence-electron chi connectivity index (χ0n) is 24.5. The van der Waals surface area contributed by atoms with Crippen LogP contribution < -0.4 is 5.63 Å². The molecule has 1 aromatic rings. The first-order valence-electron chi connectivity index (χ1n) is 15.8. The maximum absolute atomic E-state index is 12.4. The van der Waals surface area contributed by atoms with Gasteiger partial charge in [-0.1, -0.05) is 20.3 Å². The minimum atomic E-state index is -0.641. The van der Waals surface area contributed by atoms with E-state index in [1.54, 1.807) is 6.26 Å². The summed E-state index contributed by atoms with van der Waals surface area (Å²) in [5.41, 5.74) is 0.256. The minimum Gasteiger partial charge on any atom is -0.433 e. The number of fused-ring (bicyclic) bond motifs is 3. The number of hydrogen-bond acceptors (Lipinski definition) is 8. The summed E-state index contributed by atoms with van der Waals surface area (Å²) in [5.74, 6) is 1.60. The Bertz CT molecular complexity index is 1020. The molecule has 7 atom stereocenters. The fourth-order valence-electron chi connectivity index (χ4n) is 8.65. The van der Waals surface area contributed by atoms with Crippen molar-refractivity contribution in [2.45, 2.75) is 102 Å². The topological polar surface area (TPSA) is 98.4 Å². The minimum absolute atomic E-state index is 0.0794. The van der Waals surface area contributed by atoms with E-state index in [0.717, 1.165) is 103 Å². The number of morpholine rings is 1. The molecular formula is C32H49NO7. The van der Waals surface area contributed by atoms with Crippen LogP contribution in [0.2, 0.25) is 0 Å². The molecule has 0 unspecified atom stereocenters. The molecule has 8 heteroatoms. The third kappa shape index (κ3) is 6.60. The zero-order chi connectivity index (χ0) is 28.2. The van der Waals surface area contributed by atoms with Gasteiger partial charge in [0.15, 0.2) is 0 Å². The van der Waals surface area contributed by atoms with Crippen molar-refractivity contribution in [1.29, 1.82) is 0 Å². The molecule has 1 aliphatic heterocycles. The zero-order valence-corrected chi connectivity index (χ0v) is 24.5. The number of carbonyl (C=O) groups excluding carboxylic acids is 1. The van der Waals surface area contributed by atoms with Gasteiger partial charge in [0.05, 0.1) is 25.1 Å². The average molecular weight is 560 g/mol. The second-order valence-electron chi connectivity index (χ2n) is 13.1. The van der Waals surface area contributed by atoms with Crippen LogP contribution in [0.4, 0.5) is 4.79 Å². The Morgan fingerprint density at radius 3 is 2.73 bits per heavy atom. The van der Waals surface area contributed by atoms with Crippen LogP contribution in [0.5, 0.6) is 0 Å². The lowest BCUT2D eigenvalue weighted by Crippen LogP contribution is -2.56. The van der Waals surface area contributed by atoms with E-state index in [9.17, 15) is 14.7 Å². The molecule has 4 fully saturated rings. The summed E-state index contributed by atoms with van der Waals surface area (Å²) in [6.07, 6.45) is 11.6. The number of ether oxygens (including phenoxy) is 3. The van der Waals surface area contributed by atoms with Crippen molar-refractivity contribution in [3.8, 4) is 0 Å². The van der Waals surface area contributed by atoms with E-state index in [2.05, 4.69) is 18.7 Å². The quantitative estimate of drug-likeness (QED) is 0.395. The highest BCUT2D eigenvalue weighted by Gasteiger charge is 2.57. The molecule has 0 bridgehead atoms. The summed E-state index contributed by atoms with van der Waals surface area (Å²) in [6.45, 7) is 8.91. The number of carbonyl (C=O) groups is 1. The van der Waals surface area contributed by atoms with Crippen LogP contribution >= 0.6 is 0 Å². The molecule has 2 heterocycles. The van der Waals surface area contributed by atoms with Crippen LogP contribution in [0.15, 0.2) is 27.6 Å². The summed E-state index contributed by atoms with van der Waals surface area (Å²) in [4.78, 5) is 26.1. The predicted octanol–water partition coefficient (Wildman–Crippen LogP) is 5.52. The predicted molar refractivity (Wildman–Crippen MR) is 151 cm³/mol. The van der Waals surface area contributed by atoms with Crippen LogP contribution in [0, 0.1) is 23.2 Å². The molecule has 3 aliphatic carbocycles. The summed E-state index contributed by atoms with van der Waals surface area (Å²) in [7, 11) is 0.